The number of piperidine rings is 2. The fourth-order valence-electron chi connectivity index (χ4n) is 4.51. The summed E-state index contributed by atoms with van der Waals surface area (Å²) in [6, 6.07) is 6.74. The van der Waals surface area contributed by atoms with Gasteiger partial charge in [0.2, 0.25) is 11.9 Å². The van der Waals surface area contributed by atoms with Gasteiger partial charge in [-0.3, -0.25) is 4.79 Å². The van der Waals surface area contributed by atoms with Gasteiger partial charge in [0.15, 0.2) is 0 Å². The van der Waals surface area contributed by atoms with Gasteiger partial charge >= 0.3 is 0 Å². The SMILES string of the molecule is Cc1ccc2c(C)nc(N3CCC(C(=O)N4CCCCC4C)CC3)nc2c1. The topological polar surface area (TPSA) is 49.3 Å². The maximum atomic E-state index is 12.9. The van der Waals surface area contributed by atoms with Gasteiger partial charge in [0, 0.05) is 37.0 Å². The summed E-state index contributed by atoms with van der Waals surface area (Å²) in [7, 11) is 0. The van der Waals surface area contributed by atoms with Gasteiger partial charge in [-0.05, 0) is 64.5 Å². The zero-order valence-electron chi connectivity index (χ0n) is 16.7. The van der Waals surface area contributed by atoms with Crippen LogP contribution < -0.4 is 4.90 Å². The third-order valence-electron chi connectivity index (χ3n) is 6.24. The number of aromatic nitrogens is 2. The summed E-state index contributed by atoms with van der Waals surface area (Å²) in [6.45, 7) is 8.99. The summed E-state index contributed by atoms with van der Waals surface area (Å²) in [4.78, 5) is 26.9. The molecule has 0 spiro atoms. The smallest absolute Gasteiger partial charge is 0.226 e. The second-order valence-corrected chi connectivity index (χ2v) is 8.27. The van der Waals surface area contributed by atoms with Crippen LogP contribution in [-0.2, 0) is 4.79 Å². The molecule has 0 saturated carbocycles. The van der Waals surface area contributed by atoms with Crippen LogP contribution in [0, 0.1) is 19.8 Å². The summed E-state index contributed by atoms with van der Waals surface area (Å²) < 4.78 is 0. The Balaban J connectivity index is 1.46. The van der Waals surface area contributed by atoms with Gasteiger partial charge in [0.25, 0.3) is 0 Å². The van der Waals surface area contributed by atoms with Gasteiger partial charge < -0.3 is 9.80 Å². The molecule has 2 aromatic rings. The molecule has 1 atom stereocenters. The molecule has 1 aromatic carbocycles. The first-order valence-electron chi connectivity index (χ1n) is 10.3. The lowest BCUT2D eigenvalue weighted by atomic mass is 9.93. The average Bonchev–Trinajstić information content (AvgIpc) is 2.67. The summed E-state index contributed by atoms with van der Waals surface area (Å²) in [5.74, 6) is 1.33. The predicted molar refractivity (Wildman–Crippen MR) is 109 cm³/mol. The third-order valence-corrected chi connectivity index (χ3v) is 6.24. The van der Waals surface area contributed by atoms with Crippen LogP contribution in [0.5, 0.6) is 0 Å². The number of carbonyl (C=O) groups is 1. The van der Waals surface area contributed by atoms with E-state index in [2.05, 4.69) is 48.8 Å². The molecular formula is C22H30N4O. The molecule has 2 aliphatic heterocycles. The molecule has 0 N–H and O–H groups in total. The van der Waals surface area contributed by atoms with Gasteiger partial charge in [0.1, 0.15) is 0 Å². The number of nitrogens with zero attached hydrogens (tertiary/aromatic N) is 4. The molecule has 4 rings (SSSR count). The van der Waals surface area contributed by atoms with Gasteiger partial charge in [-0.15, -0.1) is 0 Å². The van der Waals surface area contributed by atoms with E-state index in [0.717, 1.165) is 67.9 Å². The van der Waals surface area contributed by atoms with Crippen LogP contribution in [0.1, 0.15) is 50.3 Å². The normalized spacial score (nSPS) is 21.7. The van der Waals surface area contributed by atoms with Crippen molar-refractivity contribution >= 4 is 22.8 Å². The Labute approximate surface area is 161 Å². The summed E-state index contributed by atoms with van der Waals surface area (Å²) >= 11 is 0. The van der Waals surface area contributed by atoms with Gasteiger partial charge in [0.05, 0.1) is 11.2 Å². The first-order valence-corrected chi connectivity index (χ1v) is 10.3. The second-order valence-electron chi connectivity index (χ2n) is 8.27. The van der Waals surface area contributed by atoms with Crippen molar-refractivity contribution in [1.82, 2.24) is 14.9 Å². The Morgan fingerprint density at radius 3 is 2.56 bits per heavy atom. The van der Waals surface area contributed by atoms with Crippen molar-refractivity contribution in [2.24, 2.45) is 5.92 Å². The number of anilines is 1. The van der Waals surface area contributed by atoms with Crippen LogP contribution >= 0.6 is 0 Å². The molecule has 1 aromatic heterocycles. The number of hydrogen-bond donors (Lipinski definition) is 0. The van der Waals surface area contributed by atoms with Crippen LogP contribution in [0.4, 0.5) is 5.95 Å². The first kappa shape index (κ1) is 18.2. The summed E-state index contributed by atoms with van der Waals surface area (Å²) in [5, 5.41) is 1.12. The van der Waals surface area contributed by atoms with Crippen molar-refractivity contribution in [2.75, 3.05) is 24.5 Å². The minimum atomic E-state index is 0.158. The van der Waals surface area contributed by atoms with Crippen LogP contribution in [0.15, 0.2) is 18.2 Å². The standard InChI is InChI=1S/C22H30N4O/c1-15-7-8-19-17(3)23-22(24-20(19)14-15)25-12-9-18(10-13-25)21(27)26-11-5-4-6-16(26)2/h7-8,14,16,18H,4-6,9-13H2,1-3H3. The molecule has 144 valence electrons. The maximum Gasteiger partial charge on any atom is 0.226 e. The first-order chi connectivity index (χ1) is 13.0. The Kier molecular flexibility index (Phi) is 5.02. The van der Waals surface area contributed by atoms with E-state index < -0.39 is 0 Å². The minimum Gasteiger partial charge on any atom is -0.341 e. The predicted octanol–water partition coefficient (Wildman–Crippen LogP) is 3.86. The molecule has 0 radical (unpaired) electrons. The van der Waals surface area contributed by atoms with Crippen LogP contribution in [0.2, 0.25) is 0 Å². The van der Waals surface area contributed by atoms with E-state index in [4.69, 9.17) is 9.97 Å². The van der Waals surface area contributed by atoms with E-state index in [0.29, 0.717) is 11.9 Å². The third kappa shape index (κ3) is 3.64. The Bertz CT molecular complexity index is 842. The molecule has 0 bridgehead atoms. The van der Waals surface area contributed by atoms with E-state index in [1.807, 2.05) is 0 Å². The molecule has 5 nitrogen and oxygen atoms in total. The van der Waals surface area contributed by atoms with E-state index in [1.165, 1.54) is 12.0 Å². The molecule has 2 aliphatic rings. The molecule has 3 heterocycles. The molecule has 1 amide bonds. The largest absolute Gasteiger partial charge is 0.341 e. The van der Waals surface area contributed by atoms with Crippen molar-refractivity contribution in [1.29, 1.82) is 0 Å². The highest BCUT2D eigenvalue weighted by Crippen LogP contribution is 2.27. The zero-order valence-corrected chi connectivity index (χ0v) is 16.7. The molecule has 27 heavy (non-hydrogen) atoms. The Morgan fingerprint density at radius 2 is 1.81 bits per heavy atom. The lowest BCUT2D eigenvalue weighted by Crippen LogP contribution is -2.48. The van der Waals surface area contributed by atoms with Crippen LogP contribution in [0.25, 0.3) is 10.9 Å². The van der Waals surface area contributed by atoms with Gasteiger partial charge in [-0.1, -0.05) is 12.1 Å². The Morgan fingerprint density at radius 1 is 1.04 bits per heavy atom. The Hall–Kier alpha value is -2.17. The number of rotatable bonds is 2. The van der Waals surface area contributed by atoms with E-state index in [9.17, 15) is 4.79 Å². The van der Waals surface area contributed by atoms with Crippen molar-refractivity contribution in [2.45, 2.75) is 58.9 Å². The highest BCUT2D eigenvalue weighted by Gasteiger charge is 2.32. The number of amides is 1. The molecule has 0 aliphatic carbocycles. The fraction of sp³-hybridized carbons (Fsp3) is 0.591. The molecular weight excluding hydrogens is 336 g/mol. The number of hydrogen-bond acceptors (Lipinski definition) is 4. The minimum absolute atomic E-state index is 0.158. The van der Waals surface area contributed by atoms with Crippen LogP contribution in [-0.4, -0.2) is 46.5 Å². The van der Waals surface area contributed by atoms with E-state index in [-0.39, 0.29) is 5.92 Å². The van der Waals surface area contributed by atoms with Gasteiger partial charge in [-0.2, -0.15) is 0 Å². The molecule has 5 heteroatoms. The molecule has 2 fully saturated rings. The van der Waals surface area contributed by atoms with Crippen LogP contribution in [0.3, 0.4) is 0 Å². The number of likely N-dealkylation sites (tertiary alicyclic amines) is 1. The summed E-state index contributed by atoms with van der Waals surface area (Å²) in [6.07, 6.45) is 5.35. The highest BCUT2D eigenvalue weighted by atomic mass is 16.2. The highest BCUT2D eigenvalue weighted by molar-refractivity contribution is 5.82. The van der Waals surface area contributed by atoms with Crippen molar-refractivity contribution in [3.05, 3.63) is 29.5 Å². The number of benzene rings is 1. The molecule has 1 unspecified atom stereocenters. The quantitative estimate of drug-likeness (QED) is 0.810. The second kappa shape index (κ2) is 7.45. The van der Waals surface area contributed by atoms with Crippen molar-refractivity contribution < 1.29 is 4.79 Å². The number of carbonyl (C=O) groups excluding carboxylic acids is 1. The van der Waals surface area contributed by atoms with Crippen molar-refractivity contribution in [3.8, 4) is 0 Å². The number of aryl methyl sites for hydroxylation is 2. The average molecular weight is 367 g/mol. The number of fused-ring (bicyclic) bond motifs is 1. The fourth-order valence-corrected chi connectivity index (χ4v) is 4.51. The van der Waals surface area contributed by atoms with Gasteiger partial charge in [-0.25, -0.2) is 9.97 Å². The molecule has 2 saturated heterocycles. The lowest BCUT2D eigenvalue weighted by molar-refractivity contribution is -0.139. The lowest BCUT2D eigenvalue weighted by Gasteiger charge is -2.38. The summed E-state index contributed by atoms with van der Waals surface area (Å²) in [5.41, 5.74) is 3.25. The monoisotopic (exact) mass is 366 g/mol. The van der Waals surface area contributed by atoms with E-state index in [1.54, 1.807) is 0 Å². The maximum absolute atomic E-state index is 12.9. The van der Waals surface area contributed by atoms with Crippen molar-refractivity contribution in [3.63, 3.8) is 0 Å². The van der Waals surface area contributed by atoms with E-state index >= 15 is 0 Å². The zero-order chi connectivity index (χ0) is 19.0.